The van der Waals surface area contributed by atoms with Gasteiger partial charge in [-0.05, 0) is 75.9 Å². The minimum Gasteiger partial charge on any atom is -0.373 e. The van der Waals surface area contributed by atoms with Crippen LogP contribution in [0, 0.1) is 18.2 Å². The number of hydrogen-bond donors (Lipinski definition) is 1. The van der Waals surface area contributed by atoms with E-state index in [1.807, 2.05) is 0 Å². The van der Waals surface area contributed by atoms with E-state index in [4.69, 9.17) is 0 Å². The smallest absolute Gasteiger partial charge is 0.373 e. The topological polar surface area (TPSA) is 36.4 Å². The Hall–Kier alpha value is -2.20. The van der Waals surface area contributed by atoms with Crippen LogP contribution < -0.4 is 0 Å². The molecule has 3 rings (SSSR count). The Bertz CT molecular complexity index is 970. The minimum absolute atomic E-state index is 0.0846. The summed E-state index contributed by atoms with van der Waals surface area (Å²) in [5, 5.41) is 10.5. The van der Waals surface area contributed by atoms with E-state index in [-0.39, 0.29) is 13.0 Å². The maximum atomic E-state index is 14.0. The number of benzene rings is 1. The lowest BCUT2D eigenvalue weighted by Gasteiger charge is -2.47. The van der Waals surface area contributed by atoms with Gasteiger partial charge in [-0.1, -0.05) is 18.2 Å². The van der Waals surface area contributed by atoms with Crippen molar-refractivity contribution < 1.29 is 35.8 Å². The highest BCUT2D eigenvalue weighted by Gasteiger charge is 2.79. The van der Waals surface area contributed by atoms with Crippen molar-refractivity contribution in [3.05, 3.63) is 65.2 Å². The fourth-order valence-electron chi connectivity index (χ4n) is 4.84. The molecule has 188 valence electrons. The molecule has 3 nitrogen and oxygen atoms in total. The number of aliphatic hydroxyl groups is 1. The third-order valence-corrected chi connectivity index (χ3v) is 7.16. The summed E-state index contributed by atoms with van der Waals surface area (Å²) in [6.07, 6.45) is -11.6. The third kappa shape index (κ3) is 4.54. The number of likely N-dealkylation sites (tertiary alicyclic amines) is 1. The Morgan fingerprint density at radius 3 is 2.06 bits per heavy atom. The first-order valence-corrected chi connectivity index (χ1v) is 10.8. The van der Waals surface area contributed by atoms with Crippen molar-refractivity contribution in [2.75, 3.05) is 13.1 Å². The van der Waals surface area contributed by atoms with Crippen LogP contribution in [0.1, 0.15) is 43.5 Å². The molecule has 0 aliphatic carbocycles. The number of aryl methyl sites for hydroxylation is 2. The van der Waals surface area contributed by atoms with Crippen LogP contribution >= 0.6 is 0 Å². The maximum absolute atomic E-state index is 14.0. The van der Waals surface area contributed by atoms with Gasteiger partial charge in [-0.25, -0.2) is 4.39 Å². The Balaban J connectivity index is 2.03. The Labute approximate surface area is 193 Å². The highest BCUT2D eigenvalue weighted by atomic mass is 19.4. The fourth-order valence-corrected chi connectivity index (χ4v) is 4.84. The van der Waals surface area contributed by atoms with Gasteiger partial charge in [0.15, 0.2) is 0 Å². The van der Waals surface area contributed by atoms with Crippen molar-refractivity contribution in [3.63, 3.8) is 0 Å². The first-order valence-electron chi connectivity index (χ1n) is 10.8. The summed E-state index contributed by atoms with van der Waals surface area (Å²) in [5.41, 5.74) is -6.67. The Morgan fingerprint density at radius 1 is 0.971 bits per heavy atom. The molecule has 1 aliphatic rings. The van der Waals surface area contributed by atoms with Gasteiger partial charge in [0.05, 0.1) is 0 Å². The lowest BCUT2D eigenvalue weighted by molar-refractivity contribution is -0.403. The summed E-state index contributed by atoms with van der Waals surface area (Å²) in [7, 11) is 0. The molecule has 1 aromatic carbocycles. The van der Waals surface area contributed by atoms with Crippen molar-refractivity contribution >= 4 is 0 Å². The summed E-state index contributed by atoms with van der Waals surface area (Å²) in [5.74, 6) is -0.568. The van der Waals surface area contributed by atoms with E-state index >= 15 is 0 Å². The van der Waals surface area contributed by atoms with Gasteiger partial charge in [0, 0.05) is 29.4 Å². The van der Waals surface area contributed by atoms with Gasteiger partial charge in [0.2, 0.25) is 0 Å². The van der Waals surface area contributed by atoms with Crippen molar-refractivity contribution in [1.29, 1.82) is 0 Å². The molecule has 2 heterocycles. The molecule has 0 amide bonds. The second-order valence-electron chi connectivity index (χ2n) is 9.53. The van der Waals surface area contributed by atoms with E-state index in [0.717, 1.165) is 17.8 Å². The normalized spacial score (nSPS) is 20.7. The zero-order chi connectivity index (χ0) is 25.6. The van der Waals surface area contributed by atoms with Gasteiger partial charge in [-0.2, -0.15) is 26.3 Å². The van der Waals surface area contributed by atoms with Crippen molar-refractivity contribution in [2.45, 2.75) is 63.5 Å². The number of nitrogens with zero attached hydrogens (tertiary/aromatic N) is 2. The first kappa shape index (κ1) is 26.4. The highest BCUT2D eigenvalue weighted by molar-refractivity contribution is 5.24. The van der Waals surface area contributed by atoms with Crippen LogP contribution in [0.4, 0.5) is 30.7 Å². The van der Waals surface area contributed by atoms with Crippen LogP contribution in [0.3, 0.4) is 0 Å². The van der Waals surface area contributed by atoms with Crippen LogP contribution in [0.15, 0.2) is 42.6 Å². The average Bonchev–Trinajstić information content (AvgIpc) is 3.18. The van der Waals surface area contributed by atoms with E-state index in [9.17, 15) is 35.8 Å². The monoisotopic (exact) mass is 492 g/mol. The summed E-state index contributed by atoms with van der Waals surface area (Å²) in [6.45, 7) is 4.45. The molecule has 1 aliphatic heterocycles. The summed E-state index contributed by atoms with van der Waals surface area (Å²) in [6, 6.07) is 8.28. The Kier molecular flexibility index (Phi) is 6.82. The van der Waals surface area contributed by atoms with Gasteiger partial charge in [-0.3, -0.25) is 9.88 Å². The largest absolute Gasteiger partial charge is 0.426 e. The van der Waals surface area contributed by atoms with Gasteiger partial charge >= 0.3 is 12.4 Å². The van der Waals surface area contributed by atoms with E-state index in [1.165, 1.54) is 17.0 Å². The number of alkyl halides is 6. The van der Waals surface area contributed by atoms with E-state index in [0.29, 0.717) is 11.1 Å². The molecule has 1 atom stereocenters. The SMILES string of the molecule is Cc1ccc(C(C)(C)N2CC[C@](CCc3ccc(F)cc3)(C(O)(C(F)(F)F)C(F)(F)F)C2)cn1. The van der Waals surface area contributed by atoms with Gasteiger partial charge in [0.1, 0.15) is 5.82 Å². The zero-order valence-electron chi connectivity index (χ0n) is 19.1. The third-order valence-electron chi connectivity index (χ3n) is 7.16. The minimum atomic E-state index is -5.94. The van der Waals surface area contributed by atoms with Gasteiger partial charge in [-0.15, -0.1) is 0 Å². The maximum Gasteiger partial charge on any atom is 0.426 e. The molecule has 1 N–H and O–H groups in total. The van der Waals surface area contributed by atoms with Gasteiger partial charge in [0.25, 0.3) is 5.60 Å². The molecule has 0 saturated carbocycles. The first-order chi connectivity index (χ1) is 15.5. The van der Waals surface area contributed by atoms with Crippen LogP contribution in [-0.4, -0.2) is 46.0 Å². The van der Waals surface area contributed by atoms with Crippen molar-refractivity contribution in [1.82, 2.24) is 9.88 Å². The predicted octanol–water partition coefficient (Wildman–Crippen LogP) is 5.94. The molecular weight excluding hydrogens is 465 g/mol. The number of aromatic nitrogens is 1. The molecule has 0 spiro atoms. The second-order valence-corrected chi connectivity index (χ2v) is 9.53. The molecule has 10 heteroatoms. The zero-order valence-corrected chi connectivity index (χ0v) is 19.1. The number of hydrogen-bond acceptors (Lipinski definition) is 3. The molecule has 1 aromatic heterocycles. The summed E-state index contributed by atoms with van der Waals surface area (Å²) < 4.78 is 97.3. The molecule has 0 radical (unpaired) electrons. The van der Waals surface area contributed by atoms with Gasteiger partial charge < -0.3 is 5.11 Å². The van der Waals surface area contributed by atoms with Crippen molar-refractivity contribution in [2.24, 2.45) is 5.41 Å². The Morgan fingerprint density at radius 2 is 1.56 bits per heavy atom. The molecule has 0 unspecified atom stereocenters. The van der Waals surface area contributed by atoms with Crippen molar-refractivity contribution in [3.8, 4) is 0 Å². The predicted molar refractivity (Wildman–Crippen MR) is 112 cm³/mol. The molecule has 2 aromatic rings. The standard InChI is InChI=1S/C24H27F7N2O/c1-16-4-7-18(14-32-16)20(2,3)33-13-12-21(15-33,11-10-17-5-8-19(25)9-6-17)22(34,23(26,27)28)24(29,30)31/h4-9,14,34H,10-13,15H2,1-3H3/t21-/m0/s1. The van der Waals surface area contributed by atoms with E-state index < -0.39 is 54.1 Å². The fraction of sp³-hybridized carbons (Fsp3) is 0.542. The van der Waals surface area contributed by atoms with Crippen LogP contribution in [0.25, 0.3) is 0 Å². The lowest BCUT2D eigenvalue weighted by atomic mass is 9.66. The van der Waals surface area contributed by atoms with E-state index in [2.05, 4.69) is 4.98 Å². The molecule has 1 fully saturated rings. The number of halogens is 7. The van der Waals surface area contributed by atoms with Crippen LogP contribution in [-0.2, 0) is 12.0 Å². The summed E-state index contributed by atoms with van der Waals surface area (Å²) >= 11 is 0. The van der Waals surface area contributed by atoms with E-state index in [1.54, 1.807) is 39.1 Å². The molecule has 0 bridgehead atoms. The summed E-state index contributed by atoms with van der Waals surface area (Å²) in [4.78, 5) is 5.73. The average molecular weight is 492 g/mol. The van der Waals surface area contributed by atoms with Crippen LogP contribution in [0.5, 0.6) is 0 Å². The molecule has 1 saturated heterocycles. The molecular formula is C24H27F7N2O. The number of pyridine rings is 1. The molecule has 34 heavy (non-hydrogen) atoms. The number of rotatable bonds is 6. The second kappa shape index (κ2) is 8.78. The lowest BCUT2D eigenvalue weighted by Crippen LogP contribution is -2.68. The van der Waals surface area contributed by atoms with Crippen LogP contribution in [0.2, 0.25) is 0 Å². The quantitative estimate of drug-likeness (QED) is 0.507. The highest BCUT2D eigenvalue weighted by Crippen LogP contribution is 2.59.